The van der Waals surface area contributed by atoms with E-state index in [1.165, 1.54) is 11.1 Å². The molecule has 0 aliphatic rings. The van der Waals surface area contributed by atoms with Crippen molar-refractivity contribution in [3.8, 4) is 5.75 Å². The Balaban J connectivity index is 2.43. The first kappa shape index (κ1) is 13.6. The second kappa shape index (κ2) is 5.87. The monoisotopic (exact) mass is 256 g/mol. The normalized spacial score (nSPS) is 12.2. The number of nitrogens with two attached hydrogens (primary N) is 1. The van der Waals surface area contributed by atoms with E-state index in [1.807, 2.05) is 31.2 Å². The maximum atomic E-state index is 5.75. The second-order valence-corrected chi connectivity index (χ2v) is 4.69. The zero-order chi connectivity index (χ0) is 13.8. The molecule has 0 aliphatic carbocycles. The highest BCUT2D eigenvalue weighted by Crippen LogP contribution is 2.27. The molecule has 2 aromatic rings. The van der Waals surface area contributed by atoms with E-state index in [0.717, 1.165) is 16.9 Å². The molecule has 19 heavy (non-hydrogen) atoms. The average molecular weight is 256 g/mol. The van der Waals surface area contributed by atoms with Crippen molar-refractivity contribution in [3.63, 3.8) is 0 Å². The van der Waals surface area contributed by atoms with Crippen molar-refractivity contribution in [2.75, 3.05) is 7.11 Å². The van der Waals surface area contributed by atoms with Crippen LogP contribution in [0.15, 0.2) is 42.5 Å². The average Bonchev–Trinajstić information content (AvgIpc) is 2.42. The van der Waals surface area contributed by atoms with Crippen LogP contribution < -0.4 is 16.0 Å². The molecule has 0 aromatic heterocycles. The molecule has 0 radical (unpaired) electrons. The maximum absolute atomic E-state index is 5.75. The van der Waals surface area contributed by atoms with E-state index in [0.29, 0.717) is 0 Å². The molecule has 0 amide bonds. The van der Waals surface area contributed by atoms with Crippen LogP contribution >= 0.6 is 0 Å². The van der Waals surface area contributed by atoms with Gasteiger partial charge < -0.3 is 4.74 Å². The van der Waals surface area contributed by atoms with Gasteiger partial charge in [-0.1, -0.05) is 36.4 Å². The first-order chi connectivity index (χ1) is 9.17. The summed E-state index contributed by atoms with van der Waals surface area (Å²) in [5, 5.41) is 0. The van der Waals surface area contributed by atoms with E-state index in [-0.39, 0.29) is 6.04 Å². The van der Waals surface area contributed by atoms with E-state index >= 15 is 0 Å². The molecule has 1 atom stereocenters. The van der Waals surface area contributed by atoms with Gasteiger partial charge in [-0.3, -0.25) is 5.84 Å². The van der Waals surface area contributed by atoms with Crippen molar-refractivity contribution in [2.24, 2.45) is 5.84 Å². The van der Waals surface area contributed by atoms with Gasteiger partial charge in [-0.05, 0) is 42.2 Å². The smallest absolute Gasteiger partial charge is 0.121 e. The van der Waals surface area contributed by atoms with E-state index in [9.17, 15) is 0 Å². The molecule has 2 rings (SSSR count). The Labute approximate surface area is 114 Å². The SMILES string of the molecule is COc1ccc(C(NN)c2ccccc2C)cc1C. The topological polar surface area (TPSA) is 47.3 Å². The number of rotatable bonds is 4. The van der Waals surface area contributed by atoms with Crippen molar-refractivity contribution >= 4 is 0 Å². The van der Waals surface area contributed by atoms with Crippen molar-refractivity contribution in [1.82, 2.24) is 5.43 Å². The number of hydrogen-bond donors (Lipinski definition) is 2. The first-order valence-electron chi connectivity index (χ1n) is 6.33. The van der Waals surface area contributed by atoms with Crippen LogP contribution in [0.5, 0.6) is 5.75 Å². The van der Waals surface area contributed by atoms with Gasteiger partial charge in [0.25, 0.3) is 0 Å². The summed E-state index contributed by atoms with van der Waals surface area (Å²) in [6, 6.07) is 14.4. The maximum Gasteiger partial charge on any atom is 0.121 e. The lowest BCUT2D eigenvalue weighted by Gasteiger charge is -2.20. The molecule has 2 aromatic carbocycles. The van der Waals surface area contributed by atoms with Gasteiger partial charge in [-0.2, -0.15) is 0 Å². The number of benzene rings is 2. The van der Waals surface area contributed by atoms with E-state index in [1.54, 1.807) is 7.11 Å². The molecule has 1 unspecified atom stereocenters. The number of nitrogens with one attached hydrogen (secondary N) is 1. The predicted octanol–water partition coefficient (Wildman–Crippen LogP) is 2.86. The zero-order valence-corrected chi connectivity index (χ0v) is 11.6. The third-order valence-electron chi connectivity index (χ3n) is 3.42. The van der Waals surface area contributed by atoms with Gasteiger partial charge in [-0.25, -0.2) is 5.43 Å². The molecule has 0 fully saturated rings. The van der Waals surface area contributed by atoms with Crippen LogP contribution in [-0.4, -0.2) is 7.11 Å². The van der Waals surface area contributed by atoms with Crippen molar-refractivity contribution in [2.45, 2.75) is 19.9 Å². The minimum absolute atomic E-state index is 0.00851. The molecule has 0 spiro atoms. The minimum atomic E-state index is -0.00851. The van der Waals surface area contributed by atoms with Crippen LogP contribution in [0, 0.1) is 13.8 Å². The summed E-state index contributed by atoms with van der Waals surface area (Å²) in [4.78, 5) is 0. The van der Waals surface area contributed by atoms with Gasteiger partial charge in [0.15, 0.2) is 0 Å². The van der Waals surface area contributed by atoms with E-state index in [4.69, 9.17) is 10.6 Å². The minimum Gasteiger partial charge on any atom is -0.496 e. The quantitative estimate of drug-likeness (QED) is 0.653. The molecule has 100 valence electrons. The van der Waals surface area contributed by atoms with Crippen molar-refractivity contribution in [1.29, 1.82) is 0 Å². The molecular weight excluding hydrogens is 236 g/mol. The van der Waals surface area contributed by atoms with Gasteiger partial charge in [-0.15, -0.1) is 0 Å². The number of hydrazine groups is 1. The highest BCUT2D eigenvalue weighted by atomic mass is 16.5. The van der Waals surface area contributed by atoms with Crippen LogP contribution in [0.25, 0.3) is 0 Å². The molecular formula is C16H20N2O. The standard InChI is InChI=1S/C16H20N2O/c1-11-6-4-5-7-14(11)16(18-17)13-8-9-15(19-3)12(2)10-13/h4-10,16,18H,17H2,1-3H3. The largest absolute Gasteiger partial charge is 0.496 e. The van der Waals surface area contributed by atoms with Gasteiger partial charge >= 0.3 is 0 Å². The predicted molar refractivity (Wildman–Crippen MR) is 78.1 cm³/mol. The van der Waals surface area contributed by atoms with Crippen LogP contribution in [0.3, 0.4) is 0 Å². The molecule has 3 nitrogen and oxygen atoms in total. The summed E-state index contributed by atoms with van der Waals surface area (Å²) in [6.45, 7) is 4.13. The van der Waals surface area contributed by atoms with Crippen LogP contribution in [0.1, 0.15) is 28.3 Å². The summed E-state index contributed by atoms with van der Waals surface area (Å²) >= 11 is 0. The van der Waals surface area contributed by atoms with Crippen molar-refractivity contribution < 1.29 is 4.74 Å². The van der Waals surface area contributed by atoms with E-state index < -0.39 is 0 Å². The fourth-order valence-electron chi connectivity index (χ4n) is 2.36. The summed E-state index contributed by atoms with van der Waals surface area (Å²) < 4.78 is 5.29. The Bertz CT molecular complexity index is 566. The first-order valence-corrected chi connectivity index (χ1v) is 6.33. The third-order valence-corrected chi connectivity index (χ3v) is 3.42. The Kier molecular flexibility index (Phi) is 4.20. The fourth-order valence-corrected chi connectivity index (χ4v) is 2.36. The second-order valence-electron chi connectivity index (χ2n) is 4.69. The van der Waals surface area contributed by atoms with Gasteiger partial charge in [0.2, 0.25) is 0 Å². The van der Waals surface area contributed by atoms with Crippen LogP contribution in [-0.2, 0) is 0 Å². The van der Waals surface area contributed by atoms with Crippen molar-refractivity contribution in [3.05, 3.63) is 64.7 Å². The lowest BCUT2D eigenvalue weighted by Crippen LogP contribution is -2.29. The summed E-state index contributed by atoms with van der Waals surface area (Å²) in [5.74, 6) is 6.64. The third kappa shape index (κ3) is 2.78. The summed E-state index contributed by atoms with van der Waals surface area (Å²) in [5.41, 5.74) is 7.55. The Morgan fingerprint density at radius 3 is 2.37 bits per heavy atom. The zero-order valence-electron chi connectivity index (χ0n) is 11.6. The molecule has 0 aliphatic heterocycles. The Hall–Kier alpha value is -1.84. The molecule has 3 heteroatoms. The Morgan fingerprint density at radius 1 is 1.05 bits per heavy atom. The summed E-state index contributed by atoms with van der Waals surface area (Å²) in [6.07, 6.45) is 0. The van der Waals surface area contributed by atoms with Crippen LogP contribution in [0.4, 0.5) is 0 Å². The molecule has 0 saturated carbocycles. The van der Waals surface area contributed by atoms with Gasteiger partial charge in [0, 0.05) is 0 Å². The van der Waals surface area contributed by atoms with Crippen LogP contribution in [0.2, 0.25) is 0 Å². The van der Waals surface area contributed by atoms with E-state index in [2.05, 4.69) is 30.5 Å². The molecule has 0 bridgehead atoms. The summed E-state index contributed by atoms with van der Waals surface area (Å²) in [7, 11) is 1.68. The molecule has 0 heterocycles. The lowest BCUT2D eigenvalue weighted by atomic mass is 9.94. The van der Waals surface area contributed by atoms with Gasteiger partial charge in [0.05, 0.1) is 13.2 Å². The molecule has 3 N–H and O–H groups in total. The number of aryl methyl sites for hydroxylation is 2. The number of ether oxygens (including phenoxy) is 1. The lowest BCUT2D eigenvalue weighted by molar-refractivity contribution is 0.411. The fraction of sp³-hybridized carbons (Fsp3) is 0.250. The highest BCUT2D eigenvalue weighted by molar-refractivity contribution is 5.42. The molecule has 0 saturated heterocycles. The van der Waals surface area contributed by atoms with Gasteiger partial charge in [0.1, 0.15) is 5.75 Å². The number of methoxy groups -OCH3 is 1. The highest BCUT2D eigenvalue weighted by Gasteiger charge is 2.15. The Morgan fingerprint density at radius 2 is 1.79 bits per heavy atom. The number of hydrogen-bond acceptors (Lipinski definition) is 3.